The largest absolute Gasteiger partial charge is 0.468 e. The molecule has 5 nitrogen and oxygen atoms in total. The molecule has 24 heavy (non-hydrogen) atoms. The first-order valence-electron chi connectivity index (χ1n) is 7.55. The number of nitrogens with zero attached hydrogens (tertiary/aromatic N) is 2. The lowest BCUT2D eigenvalue weighted by Gasteiger charge is -2.21. The van der Waals surface area contributed by atoms with Gasteiger partial charge in [-0.25, -0.2) is 8.42 Å². The van der Waals surface area contributed by atoms with Crippen molar-refractivity contribution in [3.63, 3.8) is 0 Å². The summed E-state index contributed by atoms with van der Waals surface area (Å²) in [6, 6.07) is 15.8. The minimum absolute atomic E-state index is 0.153. The van der Waals surface area contributed by atoms with E-state index in [0.717, 1.165) is 5.56 Å². The average molecular weight is 342 g/mol. The van der Waals surface area contributed by atoms with E-state index in [0.29, 0.717) is 11.5 Å². The normalized spacial score (nSPS) is 11.8. The molecule has 0 aliphatic rings. The highest BCUT2D eigenvalue weighted by Gasteiger charge is 2.26. The van der Waals surface area contributed by atoms with E-state index in [1.165, 1.54) is 10.6 Å². The van der Waals surface area contributed by atoms with Crippen molar-refractivity contribution in [2.24, 2.45) is 0 Å². The van der Waals surface area contributed by atoms with Crippen LogP contribution in [0, 0.1) is 6.92 Å². The summed E-state index contributed by atoms with van der Waals surface area (Å²) in [6.45, 7) is 2.25. The Morgan fingerprint density at radius 1 is 1.00 bits per heavy atom. The molecule has 0 atom stereocenters. The van der Waals surface area contributed by atoms with E-state index >= 15 is 0 Å². The molecule has 0 aliphatic heterocycles. The van der Waals surface area contributed by atoms with E-state index in [1.807, 2.05) is 13.0 Å². The van der Waals surface area contributed by atoms with Gasteiger partial charge in [-0.3, -0.25) is 4.98 Å². The van der Waals surface area contributed by atoms with Gasteiger partial charge < -0.3 is 4.42 Å². The number of aromatic nitrogens is 1. The van der Waals surface area contributed by atoms with Crippen molar-refractivity contribution < 1.29 is 12.8 Å². The molecule has 2 heterocycles. The van der Waals surface area contributed by atoms with Gasteiger partial charge in [0.1, 0.15) is 5.76 Å². The number of pyridine rings is 1. The fourth-order valence-corrected chi connectivity index (χ4v) is 3.71. The van der Waals surface area contributed by atoms with E-state index in [9.17, 15) is 8.42 Å². The van der Waals surface area contributed by atoms with Crippen molar-refractivity contribution >= 4 is 10.0 Å². The number of hydrogen-bond acceptors (Lipinski definition) is 4. The van der Waals surface area contributed by atoms with Crippen molar-refractivity contribution in [1.29, 1.82) is 0 Å². The number of rotatable bonds is 6. The Bertz CT molecular complexity index is 874. The van der Waals surface area contributed by atoms with E-state index in [4.69, 9.17) is 4.42 Å². The molecule has 0 bridgehead atoms. The third-order valence-electron chi connectivity index (χ3n) is 3.64. The molecular weight excluding hydrogens is 324 g/mol. The standard InChI is InChI=1S/C18H18N2O3S/c1-15-7-9-18(10-8-15)24(21,22)20(14-17-6-4-12-23-17)13-16-5-2-3-11-19-16/h2-12H,13-14H2,1H3. The minimum Gasteiger partial charge on any atom is -0.468 e. The zero-order valence-corrected chi connectivity index (χ0v) is 14.1. The lowest BCUT2D eigenvalue weighted by Crippen LogP contribution is -2.30. The number of aryl methyl sites for hydroxylation is 1. The molecule has 0 fully saturated rings. The van der Waals surface area contributed by atoms with Crippen LogP contribution in [-0.4, -0.2) is 17.7 Å². The van der Waals surface area contributed by atoms with Gasteiger partial charge in [-0.05, 0) is 43.3 Å². The molecule has 0 N–H and O–H groups in total. The van der Waals surface area contributed by atoms with Gasteiger partial charge in [-0.1, -0.05) is 23.8 Å². The number of sulfonamides is 1. The molecule has 0 unspecified atom stereocenters. The second-order valence-electron chi connectivity index (χ2n) is 5.49. The van der Waals surface area contributed by atoms with Crippen molar-refractivity contribution in [2.75, 3.05) is 0 Å². The molecule has 0 aliphatic carbocycles. The third-order valence-corrected chi connectivity index (χ3v) is 5.44. The van der Waals surface area contributed by atoms with Crippen molar-refractivity contribution in [3.05, 3.63) is 84.1 Å². The molecule has 0 radical (unpaired) electrons. The molecule has 0 saturated carbocycles. The number of benzene rings is 1. The third kappa shape index (κ3) is 3.72. The van der Waals surface area contributed by atoms with Crippen LogP contribution < -0.4 is 0 Å². The van der Waals surface area contributed by atoms with E-state index in [1.54, 1.807) is 54.7 Å². The summed E-state index contributed by atoms with van der Waals surface area (Å²) in [5.41, 5.74) is 1.69. The van der Waals surface area contributed by atoms with Crippen LogP contribution >= 0.6 is 0 Å². The van der Waals surface area contributed by atoms with Crippen LogP contribution in [0.25, 0.3) is 0 Å². The molecule has 3 rings (SSSR count). The Morgan fingerprint density at radius 3 is 2.42 bits per heavy atom. The van der Waals surface area contributed by atoms with Crippen LogP contribution in [0.2, 0.25) is 0 Å². The van der Waals surface area contributed by atoms with Gasteiger partial charge in [0.05, 0.1) is 29.9 Å². The second kappa shape index (κ2) is 6.98. The highest BCUT2D eigenvalue weighted by atomic mass is 32.2. The molecule has 0 spiro atoms. The number of furan rings is 1. The van der Waals surface area contributed by atoms with Crippen LogP contribution in [0.3, 0.4) is 0 Å². The Hall–Kier alpha value is -2.44. The highest BCUT2D eigenvalue weighted by Crippen LogP contribution is 2.21. The lowest BCUT2D eigenvalue weighted by atomic mass is 10.2. The fraction of sp³-hybridized carbons (Fsp3) is 0.167. The zero-order chi connectivity index (χ0) is 17.0. The van der Waals surface area contributed by atoms with Crippen molar-refractivity contribution in [2.45, 2.75) is 24.9 Å². The first-order chi connectivity index (χ1) is 11.6. The highest BCUT2D eigenvalue weighted by molar-refractivity contribution is 7.89. The summed E-state index contributed by atoms with van der Waals surface area (Å²) in [5, 5.41) is 0. The summed E-state index contributed by atoms with van der Waals surface area (Å²) in [5.74, 6) is 0.585. The summed E-state index contributed by atoms with van der Waals surface area (Å²) >= 11 is 0. The average Bonchev–Trinajstić information content (AvgIpc) is 3.09. The van der Waals surface area contributed by atoms with Gasteiger partial charge in [-0.15, -0.1) is 0 Å². The monoisotopic (exact) mass is 342 g/mol. The van der Waals surface area contributed by atoms with Gasteiger partial charge >= 0.3 is 0 Å². The zero-order valence-electron chi connectivity index (χ0n) is 13.3. The van der Waals surface area contributed by atoms with Gasteiger partial charge in [0.15, 0.2) is 0 Å². The Labute approximate surface area is 141 Å². The SMILES string of the molecule is Cc1ccc(S(=O)(=O)N(Cc2ccccn2)Cc2ccco2)cc1. The van der Waals surface area contributed by atoms with Crippen LogP contribution in [0.5, 0.6) is 0 Å². The van der Waals surface area contributed by atoms with Crippen LogP contribution in [0.15, 0.2) is 76.4 Å². The van der Waals surface area contributed by atoms with Crippen LogP contribution in [-0.2, 0) is 23.1 Å². The molecule has 124 valence electrons. The Balaban J connectivity index is 1.94. The second-order valence-corrected chi connectivity index (χ2v) is 7.42. The van der Waals surface area contributed by atoms with E-state index in [2.05, 4.69) is 4.98 Å². The van der Waals surface area contributed by atoms with Gasteiger partial charge in [0.25, 0.3) is 0 Å². The fourth-order valence-electron chi connectivity index (χ4n) is 2.33. The molecule has 1 aromatic carbocycles. The van der Waals surface area contributed by atoms with Crippen molar-refractivity contribution in [3.8, 4) is 0 Å². The Kier molecular flexibility index (Phi) is 4.78. The maximum atomic E-state index is 13.0. The lowest BCUT2D eigenvalue weighted by molar-refractivity contribution is 0.355. The molecule has 6 heteroatoms. The Morgan fingerprint density at radius 2 is 1.79 bits per heavy atom. The first kappa shape index (κ1) is 16.4. The molecule has 3 aromatic rings. The summed E-state index contributed by atoms with van der Waals surface area (Å²) < 4.78 is 32.8. The first-order valence-corrected chi connectivity index (χ1v) is 8.99. The maximum absolute atomic E-state index is 13.0. The summed E-state index contributed by atoms with van der Waals surface area (Å²) in [4.78, 5) is 4.49. The molecule has 2 aromatic heterocycles. The predicted molar refractivity (Wildman–Crippen MR) is 90.6 cm³/mol. The maximum Gasteiger partial charge on any atom is 0.243 e. The minimum atomic E-state index is -3.66. The van der Waals surface area contributed by atoms with Crippen molar-refractivity contribution in [1.82, 2.24) is 9.29 Å². The van der Waals surface area contributed by atoms with Gasteiger partial charge in [0, 0.05) is 6.20 Å². The molecular formula is C18H18N2O3S. The van der Waals surface area contributed by atoms with Crippen LogP contribution in [0.4, 0.5) is 0 Å². The predicted octanol–water partition coefficient (Wildman–Crippen LogP) is 3.37. The summed E-state index contributed by atoms with van der Waals surface area (Å²) in [6.07, 6.45) is 3.19. The number of hydrogen-bond donors (Lipinski definition) is 0. The van der Waals surface area contributed by atoms with E-state index < -0.39 is 10.0 Å². The van der Waals surface area contributed by atoms with Gasteiger partial charge in [-0.2, -0.15) is 4.31 Å². The molecule has 0 amide bonds. The van der Waals surface area contributed by atoms with Gasteiger partial charge in [0.2, 0.25) is 10.0 Å². The summed E-state index contributed by atoms with van der Waals surface area (Å²) in [7, 11) is -3.66. The quantitative estimate of drug-likeness (QED) is 0.689. The topological polar surface area (TPSA) is 63.4 Å². The molecule has 0 saturated heterocycles. The van der Waals surface area contributed by atoms with Crippen LogP contribution in [0.1, 0.15) is 17.0 Å². The smallest absolute Gasteiger partial charge is 0.243 e. The van der Waals surface area contributed by atoms with E-state index in [-0.39, 0.29) is 18.0 Å².